The van der Waals surface area contributed by atoms with Gasteiger partial charge in [0.2, 0.25) is 0 Å². The van der Waals surface area contributed by atoms with Crippen molar-refractivity contribution in [2.75, 3.05) is 6.61 Å². The summed E-state index contributed by atoms with van der Waals surface area (Å²) in [6.45, 7) is 0.168. The predicted octanol–water partition coefficient (Wildman–Crippen LogP) is 5.29. The van der Waals surface area contributed by atoms with Gasteiger partial charge in [-0.05, 0) is 46.0 Å². The van der Waals surface area contributed by atoms with E-state index in [9.17, 15) is 14.7 Å². The number of hydrogen-bond acceptors (Lipinski definition) is 4. The number of amides is 1. The molecule has 0 radical (unpaired) electrons. The Morgan fingerprint density at radius 3 is 2.33 bits per heavy atom. The summed E-state index contributed by atoms with van der Waals surface area (Å²) in [4.78, 5) is 28.5. The van der Waals surface area contributed by atoms with Crippen molar-refractivity contribution in [3.05, 3.63) is 102 Å². The number of rotatable bonds is 6. The second-order valence-electron chi connectivity index (χ2n) is 8.08. The van der Waals surface area contributed by atoms with Crippen molar-refractivity contribution < 1.29 is 19.4 Å². The maximum atomic E-state index is 12.7. The average molecular weight is 438 g/mol. The zero-order valence-corrected chi connectivity index (χ0v) is 17.8. The lowest BCUT2D eigenvalue weighted by atomic mass is 9.98. The SMILES string of the molecule is O=C(O)C[C@@H](NC(=O)OCC1c2ccccc2-c2ccccc21)c1ccc2ncccc2c1. The van der Waals surface area contributed by atoms with Crippen LogP contribution in [-0.2, 0) is 9.53 Å². The van der Waals surface area contributed by atoms with Gasteiger partial charge in [0.15, 0.2) is 0 Å². The van der Waals surface area contributed by atoms with E-state index in [-0.39, 0.29) is 18.9 Å². The van der Waals surface area contributed by atoms with Crippen molar-refractivity contribution >= 4 is 23.0 Å². The third-order valence-corrected chi connectivity index (χ3v) is 6.04. The van der Waals surface area contributed by atoms with Crippen molar-refractivity contribution in [1.82, 2.24) is 10.3 Å². The molecule has 1 aliphatic rings. The Hall–Kier alpha value is -4.19. The van der Waals surface area contributed by atoms with E-state index in [0.29, 0.717) is 5.56 Å². The van der Waals surface area contributed by atoms with Gasteiger partial charge in [-0.1, -0.05) is 60.7 Å². The number of benzene rings is 3. The van der Waals surface area contributed by atoms with Crippen LogP contribution in [0.5, 0.6) is 0 Å². The lowest BCUT2D eigenvalue weighted by molar-refractivity contribution is -0.137. The monoisotopic (exact) mass is 438 g/mol. The Morgan fingerprint density at radius 2 is 1.64 bits per heavy atom. The minimum atomic E-state index is -1.01. The predicted molar refractivity (Wildman–Crippen MR) is 125 cm³/mol. The maximum Gasteiger partial charge on any atom is 0.407 e. The molecule has 164 valence electrons. The zero-order valence-electron chi connectivity index (χ0n) is 17.8. The van der Waals surface area contributed by atoms with Crippen molar-refractivity contribution in [1.29, 1.82) is 0 Å². The van der Waals surface area contributed by atoms with Crippen LogP contribution in [0.2, 0.25) is 0 Å². The van der Waals surface area contributed by atoms with Crippen LogP contribution in [0.15, 0.2) is 85.1 Å². The second kappa shape index (κ2) is 8.74. The second-order valence-corrected chi connectivity index (χ2v) is 8.08. The first kappa shape index (κ1) is 20.7. The highest BCUT2D eigenvalue weighted by Gasteiger charge is 2.29. The van der Waals surface area contributed by atoms with Gasteiger partial charge in [-0.3, -0.25) is 9.78 Å². The van der Waals surface area contributed by atoms with E-state index in [4.69, 9.17) is 4.74 Å². The number of alkyl carbamates (subject to hydrolysis) is 1. The molecule has 1 heterocycles. The number of fused-ring (bicyclic) bond motifs is 4. The summed E-state index contributed by atoms with van der Waals surface area (Å²) in [5.41, 5.74) is 6.03. The normalized spacial score (nSPS) is 13.2. The van der Waals surface area contributed by atoms with Crippen molar-refractivity contribution in [2.24, 2.45) is 0 Å². The van der Waals surface area contributed by atoms with Gasteiger partial charge in [0, 0.05) is 17.5 Å². The summed E-state index contributed by atoms with van der Waals surface area (Å²) in [6, 6.07) is 24.7. The number of aliphatic carboxylic acids is 1. The summed E-state index contributed by atoms with van der Waals surface area (Å²) in [5.74, 6) is -1.07. The molecule has 1 amide bonds. The van der Waals surface area contributed by atoms with Crippen LogP contribution in [0.1, 0.15) is 35.1 Å². The molecule has 0 saturated carbocycles. The molecule has 0 bridgehead atoms. The van der Waals surface area contributed by atoms with E-state index in [2.05, 4.69) is 34.6 Å². The minimum absolute atomic E-state index is 0.0622. The van der Waals surface area contributed by atoms with Crippen LogP contribution in [0.25, 0.3) is 22.0 Å². The summed E-state index contributed by atoms with van der Waals surface area (Å²) in [6.07, 6.45) is 0.802. The number of carboxylic acid groups (broad SMARTS) is 1. The van der Waals surface area contributed by atoms with Gasteiger partial charge >= 0.3 is 12.1 Å². The largest absolute Gasteiger partial charge is 0.481 e. The number of aromatic nitrogens is 1. The molecule has 5 rings (SSSR count). The smallest absolute Gasteiger partial charge is 0.407 e. The number of ether oxygens (including phenoxy) is 1. The first-order chi connectivity index (χ1) is 16.1. The van der Waals surface area contributed by atoms with E-state index < -0.39 is 18.1 Å². The van der Waals surface area contributed by atoms with E-state index in [1.165, 1.54) is 0 Å². The standard InChI is InChI=1S/C27H22N2O4/c30-26(31)15-25(18-11-12-24-17(14-18)6-5-13-28-24)29-27(32)33-16-23-21-9-3-1-7-19(21)20-8-2-4-10-22(20)23/h1-14,23,25H,15-16H2,(H,29,32)(H,30,31)/t25-/m1/s1. The van der Waals surface area contributed by atoms with Crippen LogP contribution in [-0.4, -0.2) is 28.8 Å². The topological polar surface area (TPSA) is 88.5 Å². The fraction of sp³-hybridized carbons (Fsp3) is 0.148. The van der Waals surface area contributed by atoms with Gasteiger partial charge in [-0.2, -0.15) is 0 Å². The van der Waals surface area contributed by atoms with Gasteiger partial charge in [-0.15, -0.1) is 0 Å². The number of pyridine rings is 1. The van der Waals surface area contributed by atoms with E-state index in [0.717, 1.165) is 33.2 Å². The van der Waals surface area contributed by atoms with Crippen LogP contribution in [0.3, 0.4) is 0 Å². The number of nitrogens with one attached hydrogen (secondary N) is 1. The number of carbonyl (C=O) groups is 2. The molecule has 1 atom stereocenters. The number of hydrogen-bond donors (Lipinski definition) is 2. The highest BCUT2D eigenvalue weighted by molar-refractivity contribution is 5.81. The van der Waals surface area contributed by atoms with Crippen molar-refractivity contribution in [3.8, 4) is 11.1 Å². The Bertz CT molecular complexity index is 1310. The first-order valence-corrected chi connectivity index (χ1v) is 10.8. The first-order valence-electron chi connectivity index (χ1n) is 10.8. The number of nitrogens with zero attached hydrogens (tertiary/aromatic N) is 1. The Balaban J connectivity index is 1.33. The van der Waals surface area contributed by atoms with E-state index in [1.54, 1.807) is 12.3 Å². The molecule has 4 aromatic rings. The highest BCUT2D eigenvalue weighted by atomic mass is 16.5. The molecule has 3 aromatic carbocycles. The van der Waals surface area contributed by atoms with Gasteiger partial charge in [-0.25, -0.2) is 4.79 Å². The Morgan fingerprint density at radius 1 is 0.939 bits per heavy atom. The van der Waals surface area contributed by atoms with Gasteiger partial charge in [0.25, 0.3) is 0 Å². The lowest BCUT2D eigenvalue weighted by Crippen LogP contribution is -2.31. The molecule has 0 spiro atoms. The molecule has 33 heavy (non-hydrogen) atoms. The number of carboxylic acids is 1. The van der Waals surface area contributed by atoms with Crippen LogP contribution in [0, 0.1) is 0 Å². The fourth-order valence-corrected chi connectivity index (χ4v) is 4.52. The molecule has 2 N–H and O–H groups in total. The molecule has 0 fully saturated rings. The van der Waals surface area contributed by atoms with Crippen LogP contribution < -0.4 is 5.32 Å². The molecule has 6 nitrogen and oxygen atoms in total. The molecule has 1 aromatic heterocycles. The lowest BCUT2D eigenvalue weighted by Gasteiger charge is -2.19. The van der Waals surface area contributed by atoms with Crippen LogP contribution in [0.4, 0.5) is 4.79 Å². The third-order valence-electron chi connectivity index (χ3n) is 6.04. The van der Waals surface area contributed by atoms with E-state index in [1.807, 2.05) is 48.5 Å². The molecule has 6 heteroatoms. The van der Waals surface area contributed by atoms with Crippen LogP contribution >= 0.6 is 0 Å². The molecular formula is C27H22N2O4. The summed E-state index contributed by atoms with van der Waals surface area (Å²) >= 11 is 0. The average Bonchev–Trinajstić information content (AvgIpc) is 3.15. The van der Waals surface area contributed by atoms with Crippen molar-refractivity contribution in [3.63, 3.8) is 0 Å². The quantitative estimate of drug-likeness (QED) is 0.427. The fourth-order valence-electron chi connectivity index (χ4n) is 4.52. The molecule has 0 saturated heterocycles. The zero-order chi connectivity index (χ0) is 22.8. The minimum Gasteiger partial charge on any atom is -0.481 e. The summed E-state index contributed by atoms with van der Waals surface area (Å²) < 4.78 is 5.61. The van der Waals surface area contributed by atoms with Crippen molar-refractivity contribution in [2.45, 2.75) is 18.4 Å². The molecule has 0 unspecified atom stereocenters. The van der Waals surface area contributed by atoms with Gasteiger partial charge < -0.3 is 15.2 Å². The summed E-state index contributed by atoms with van der Waals surface area (Å²) in [5, 5.41) is 13.0. The third kappa shape index (κ3) is 4.15. The Kier molecular flexibility index (Phi) is 5.48. The molecule has 1 aliphatic carbocycles. The Labute approximate surface area is 190 Å². The maximum absolute atomic E-state index is 12.7. The number of carbonyl (C=O) groups excluding carboxylic acids is 1. The highest BCUT2D eigenvalue weighted by Crippen LogP contribution is 2.44. The van der Waals surface area contributed by atoms with E-state index >= 15 is 0 Å². The van der Waals surface area contributed by atoms with Gasteiger partial charge in [0.1, 0.15) is 6.61 Å². The summed E-state index contributed by atoms with van der Waals surface area (Å²) in [7, 11) is 0. The molecule has 0 aliphatic heterocycles. The van der Waals surface area contributed by atoms with Gasteiger partial charge in [0.05, 0.1) is 18.0 Å². The molecular weight excluding hydrogens is 416 g/mol.